The quantitative estimate of drug-likeness (QED) is 0.947. The van der Waals surface area contributed by atoms with E-state index in [2.05, 4.69) is 22.1 Å². The molecule has 0 saturated heterocycles. The van der Waals surface area contributed by atoms with Crippen LogP contribution in [0.5, 0.6) is 0 Å². The molecule has 1 aliphatic rings. The van der Waals surface area contributed by atoms with Crippen LogP contribution < -0.4 is 5.32 Å². The van der Waals surface area contributed by atoms with E-state index in [9.17, 15) is 4.79 Å². The summed E-state index contributed by atoms with van der Waals surface area (Å²) in [6.45, 7) is 7.24. The molecular weight excluding hydrogens is 282 g/mol. The largest absolute Gasteiger partial charge is 0.298 e. The van der Waals surface area contributed by atoms with Crippen LogP contribution in [0.25, 0.3) is 0 Å². The van der Waals surface area contributed by atoms with E-state index in [0.717, 1.165) is 37.3 Å². The van der Waals surface area contributed by atoms with Gasteiger partial charge in [0.15, 0.2) is 5.13 Å². The number of aromatic nitrogens is 1. The van der Waals surface area contributed by atoms with Crippen LogP contribution in [0.4, 0.5) is 5.13 Å². The summed E-state index contributed by atoms with van der Waals surface area (Å²) in [5.74, 6) is -0.0894. The molecule has 5 heteroatoms. The summed E-state index contributed by atoms with van der Waals surface area (Å²) in [5.41, 5.74) is 2.96. The van der Waals surface area contributed by atoms with Crippen molar-refractivity contribution in [2.24, 2.45) is 0 Å². The fourth-order valence-corrected chi connectivity index (χ4v) is 3.49. The Morgan fingerprint density at radius 3 is 2.86 bits per heavy atom. The second-order valence-corrected chi connectivity index (χ2v) is 6.41. The Balaban J connectivity index is 1.72. The molecule has 0 atom stereocenters. The van der Waals surface area contributed by atoms with Crippen molar-refractivity contribution in [3.8, 4) is 0 Å². The van der Waals surface area contributed by atoms with Crippen molar-refractivity contribution >= 4 is 22.4 Å². The third-order valence-electron chi connectivity index (χ3n) is 3.79. The van der Waals surface area contributed by atoms with Crippen molar-refractivity contribution in [3.05, 3.63) is 46.0 Å². The van der Waals surface area contributed by atoms with Gasteiger partial charge in [-0.05, 0) is 25.6 Å². The van der Waals surface area contributed by atoms with Crippen LogP contribution in [0.15, 0.2) is 24.3 Å². The number of anilines is 1. The van der Waals surface area contributed by atoms with Gasteiger partial charge in [-0.25, -0.2) is 4.98 Å². The molecule has 1 aliphatic heterocycles. The van der Waals surface area contributed by atoms with Crippen LogP contribution >= 0.6 is 11.3 Å². The van der Waals surface area contributed by atoms with Crippen LogP contribution in [0, 0.1) is 6.92 Å². The van der Waals surface area contributed by atoms with E-state index >= 15 is 0 Å². The van der Waals surface area contributed by atoms with Crippen LogP contribution in [0.1, 0.15) is 33.4 Å². The Morgan fingerprint density at radius 1 is 1.38 bits per heavy atom. The molecule has 0 unspecified atom stereocenters. The van der Waals surface area contributed by atoms with E-state index in [0.29, 0.717) is 10.7 Å². The topological polar surface area (TPSA) is 45.2 Å². The molecule has 21 heavy (non-hydrogen) atoms. The first kappa shape index (κ1) is 14.2. The van der Waals surface area contributed by atoms with Gasteiger partial charge >= 0.3 is 0 Å². The Labute approximate surface area is 128 Å². The maximum absolute atomic E-state index is 12.2. The highest BCUT2D eigenvalue weighted by Gasteiger charge is 2.20. The first-order valence-electron chi connectivity index (χ1n) is 7.24. The highest BCUT2D eigenvalue weighted by atomic mass is 32.1. The average Bonchev–Trinajstić information content (AvgIpc) is 2.88. The molecule has 0 bridgehead atoms. The molecule has 3 rings (SSSR count). The van der Waals surface area contributed by atoms with Gasteiger partial charge < -0.3 is 0 Å². The number of benzene rings is 1. The summed E-state index contributed by atoms with van der Waals surface area (Å²) in [7, 11) is 0. The number of nitrogens with one attached hydrogen (secondary N) is 1. The zero-order valence-corrected chi connectivity index (χ0v) is 13.2. The van der Waals surface area contributed by atoms with E-state index in [1.165, 1.54) is 4.88 Å². The molecule has 110 valence electrons. The molecular formula is C16H19N3OS. The van der Waals surface area contributed by atoms with Gasteiger partial charge in [-0.3, -0.25) is 15.0 Å². The first-order valence-corrected chi connectivity index (χ1v) is 8.06. The Bertz CT molecular complexity index is 648. The van der Waals surface area contributed by atoms with Crippen molar-refractivity contribution < 1.29 is 4.79 Å². The third-order valence-corrected chi connectivity index (χ3v) is 4.79. The second kappa shape index (κ2) is 5.95. The Kier molecular flexibility index (Phi) is 4.03. The number of hydrogen-bond acceptors (Lipinski definition) is 4. The zero-order chi connectivity index (χ0) is 14.8. The van der Waals surface area contributed by atoms with Gasteiger partial charge in [0.2, 0.25) is 0 Å². The van der Waals surface area contributed by atoms with E-state index in [-0.39, 0.29) is 5.91 Å². The molecule has 0 fully saturated rings. The zero-order valence-electron chi connectivity index (χ0n) is 12.3. The number of thiazole rings is 1. The lowest BCUT2D eigenvalue weighted by molar-refractivity contribution is 0.102. The Morgan fingerprint density at radius 2 is 2.14 bits per heavy atom. The molecule has 0 spiro atoms. The van der Waals surface area contributed by atoms with Crippen LogP contribution in [0.3, 0.4) is 0 Å². The minimum Gasteiger partial charge on any atom is -0.298 e. The highest BCUT2D eigenvalue weighted by molar-refractivity contribution is 7.15. The number of carbonyl (C=O) groups is 1. The van der Waals surface area contributed by atoms with Crippen LogP contribution in [0.2, 0.25) is 0 Å². The predicted molar refractivity (Wildman–Crippen MR) is 85.9 cm³/mol. The molecule has 4 nitrogen and oxygen atoms in total. The third kappa shape index (κ3) is 3.14. The van der Waals surface area contributed by atoms with E-state index in [4.69, 9.17) is 0 Å². The van der Waals surface area contributed by atoms with Crippen LogP contribution in [-0.4, -0.2) is 28.9 Å². The standard InChI is InChI=1S/C16H19N3OS/c1-3-19-9-8-13-14(10-19)21-16(17-13)18-15(20)12-6-4-11(2)5-7-12/h4-7H,3,8-10H2,1-2H3,(H,17,18,20). The summed E-state index contributed by atoms with van der Waals surface area (Å²) >= 11 is 1.60. The van der Waals surface area contributed by atoms with Gasteiger partial charge in [-0.2, -0.15) is 0 Å². The van der Waals surface area contributed by atoms with Gasteiger partial charge in [0.25, 0.3) is 5.91 Å². The minimum absolute atomic E-state index is 0.0894. The summed E-state index contributed by atoms with van der Waals surface area (Å²) in [4.78, 5) is 20.4. The predicted octanol–water partition coefficient (Wildman–Crippen LogP) is 3.08. The maximum atomic E-state index is 12.2. The SMILES string of the molecule is CCN1CCc2nc(NC(=O)c3ccc(C)cc3)sc2C1. The van der Waals surface area contributed by atoms with Crippen molar-refractivity contribution in [1.82, 2.24) is 9.88 Å². The summed E-state index contributed by atoms with van der Waals surface area (Å²) < 4.78 is 0. The number of amides is 1. The Hall–Kier alpha value is -1.72. The van der Waals surface area contributed by atoms with Crippen molar-refractivity contribution in [1.29, 1.82) is 0 Å². The van der Waals surface area contributed by atoms with Gasteiger partial charge in [0.1, 0.15) is 0 Å². The fourth-order valence-electron chi connectivity index (χ4n) is 2.45. The number of likely N-dealkylation sites (N-methyl/N-ethyl adjacent to an activating group) is 1. The van der Waals surface area contributed by atoms with E-state index in [1.54, 1.807) is 11.3 Å². The van der Waals surface area contributed by atoms with E-state index in [1.807, 2.05) is 31.2 Å². The average molecular weight is 301 g/mol. The fraction of sp³-hybridized carbons (Fsp3) is 0.375. The number of aryl methyl sites for hydroxylation is 1. The molecule has 2 aromatic rings. The van der Waals surface area contributed by atoms with Crippen LogP contribution in [-0.2, 0) is 13.0 Å². The molecule has 1 N–H and O–H groups in total. The number of fused-ring (bicyclic) bond motifs is 1. The smallest absolute Gasteiger partial charge is 0.257 e. The second-order valence-electron chi connectivity index (χ2n) is 5.33. The molecule has 0 saturated carbocycles. The first-order chi connectivity index (χ1) is 10.2. The summed E-state index contributed by atoms with van der Waals surface area (Å²) in [6, 6.07) is 7.58. The maximum Gasteiger partial charge on any atom is 0.257 e. The van der Waals surface area contributed by atoms with Crippen molar-refractivity contribution in [2.75, 3.05) is 18.4 Å². The van der Waals surface area contributed by atoms with Gasteiger partial charge in [0, 0.05) is 30.0 Å². The normalized spacial score (nSPS) is 14.8. The van der Waals surface area contributed by atoms with Crippen molar-refractivity contribution in [2.45, 2.75) is 26.8 Å². The lowest BCUT2D eigenvalue weighted by Crippen LogP contribution is -2.29. The van der Waals surface area contributed by atoms with Gasteiger partial charge in [-0.1, -0.05) is 24.6 Å². The molecule has 1 aromatic carbocycles. The number of carbonyl (C=O) groups excluding carboxylic acids is 1. The lowest BCUT2D eigenvalue weighted by atomic mass is 10.1. The highest BCUT2D eigenvalue weighted by Crippen LogP contribution is 2.28. The molecule has 0 aliphatic carbocycles. The molecule has 1 amide bonds. The van der Waals surface area contributed by atoms with Crippen molar-refractivity contribution in [3.63, 3.8) is 0 Å². The molecule has 1 aromatic heterocycles. The monoisotopic (exact) mass is 301 g/mol. The number of nitrogens with zero attached hydrogens (tertiary/aromatic N) is 2. The number of rotatable bonds is 3. The molecule has 2 heterocycles. The summed E-state index contributed by atoms with van der Waals surface area (Å²) in [6.07, 6.45) is 0.972. The van der Waals surface area contributed by atoms with Gasteiger partial charge in [-0.15, -0.1) is 11.3 Å². The molecule has 0 radical (unpaired) electrons. The summed E-state index contributed by atoms with van der Waals surface area (Å²) in [5, 5.41) is 3.63. The van der Waals surface area contributed by atoms with E-state index < -0.39 is 0 Å². The van der Waals surface area contributed by atoms with Gasteiger partial charge in [0.05, 0.1) is 5.69 Å². The minimum atomic E-state index is -0.0894. The lowest BCUT2D eigenvalue weighted by Gasteiger charge is -2.23. The number of hydrogen-bond donors (Lipinski definition) is 1.